The molecule has 1 aromatic rings. The quantitative estimate of drug-likeness (QED) is 0.707. The summed E-state index contributed by atoms with van der Waals surface area (Å²) < 4.78 is 24.4. The second kappa shape index (κ2) is 2.98. The SMILES string of the molecule is CC1CN(S(C)(=O)=O)c2ccccc21. The molecule has 0 aliphatic carbocycles. The molecule has 4 heteroatoms. The number of rotatable bonds is 1. The van der Waals surface area contributed by atoms with Crippen molar-refractivity contribution in [2.45, 2.75) is 12.8 Å². The fourth-order valence-electron chi connectivity index (χ4n) is 1.89. The number of para-hydroxylation sites is 1. The normalized spacial score (nSPS) is 21.0. The molecule has 0 radical (unpaired) electrons. The second-order valence-corrected chi connectivity index (χ2v) is 5.66. The van der Waals surface area contributed by atoms with Gasteiger partial charge in [0.25, 0.3) is 0 Å². The van der Waals surface area contributed by atoms with Crippen LogP contribution in [0.3, 0.4) is 0 Å². The molecule has 0 saturated carbocycles. The van der Waals surface area contributed by atoms with Gasteiger partial charge in [0.15, 0.2) is 0 Å². The molecule has 1 aromatic carbocycles. The fourth-order valence-corrected chi connectivity index (χ4v) is 2.91. The molecule has 1 aliphatic rings. The Labute approximate surface area is 84.4 Å². The summed E-state index contributed by atoms with van der Waals surface area (Å²) >= 11 is 0. The summed E-state index contributed by atoms with van der Waals surface area (Å²) in [5.74, 6) is 0.293. The van der Waals surface area contributed by atoms with Crippen LogP contribution in [-0.2, 0) is 10.0 Å². The van der Waals surface area contributed by atoms with E-state index in [4.69, 9.17) is 0 Å². The zero-order chi connectivity index (χ0) is 10.3. The predicted octanol–water partition coefficient (Wildman–Crippen LogP) is 1.57. The first-order valence-corrected chi connectivity index (χ1v) is 6.41. The van der Waals surface area contributed by atoms with Crippen LogP contribution in [0.25, 0.3) is 0 Å². The summed E-state index contributed by atoms with van der Waals surface area (Å²) in [7, 11) is -3.12. The third kappa shape index (κ3) is 1.39. The summed E-state index contributed by atoms with van der Waals surface area (Å²) in [5, 5.41) is 0. The lowest BCUT2D eigenvalue weighted by molar-refractivity contribution is 0.596. The van der Waals surface area contributed by atoms with Crippen molar-refractivity contribution in [1.82, 2.24) is 0 Å². The van der Waals surface area contributed by atoms with E-state index in [0.29, 0.717) is 12.5 Å². The molecule has 0 amide bonds. The van der Waals surface area contributed by atoms with Crippen molar-refractivity contribution in [2.24, 2.45) is 0 Å². The molecule has 3 nitrogen and oxygen atoms in total. The number of hydrogen-bond acceptors (Lipinski definition) is 2. The zero-order valence-electron chi connectivity index (χ0n) is 8.27. The van der Waals surface area contributed by atoms with Crippen LogP contribution < -0.4 is 4.31 Å². The largest absolute Gasteiger partial charge is 0.270 e. The first-order chi connectivity index (χ1) is 6.50. The standard InChI is InChI=1S/C10H13NO2S/c1-8-7-11(14(2,12)13)10-6-4-3-5-9(8)10/h3-6,8H,7H2,1-2H3. The highest BCUT2D eigenvalue weighted by molar-refractivity contribution is 7.92. The highest BCUT2D eigenvalue weighted by Crippen LogP contribution is 2.36. The van der Waals surface area contributed by atoms with Crippen molar-refractivity contribution in [2.75, 3.05) is 17.1 Å². The van der Waals surface area contributed by atoms with Crippen LogP contribution in [-0.4, -0.2) is 21.2 Å². The van der Waals surface area contributed by atoms with Crippen LogP contribution in [0.1, 0.15) is 18.4 Å². The second-order valence-electron chi connectivity index (χ2n) is 3.75. The molecule has 0 saturated heterocycles. The maximum atomic E-state index is 11.5. The molecular weight excluding hydrogens is 198 g/mol. The Balaban J connectivity index is 2.55. The molecule has 0 bridgehead atoms. The molecule has 2 rings (SSSR count). The first kappa shape index (κ1) is 9.52. The van der Waals surface area contributed by atoms with E-state index >= 15 is 0 Å². The molecule has 1 atom stereocenters. The first-order valence-electron chi connectivity index (χ1n) is 4.57. The van der Waals surface area contributed by atoms with Gasteiger partial charge < -0.3 is 0 Å². The third-order valence-electron chi connectivity index (χ3n) is 2.58. The van der Waals surface area contributed by atoms with Crippen LogP contribution in [0, 0.1) is 0 Å². The maximum Gasteiger partial charge on any atom is 0.232 e. The Bertz CT molecular complexity index is 453. The van der Waals surface area contributed by atoms with Gasteiger partial charge in [-0.15, -0.1) is 0 Å². The number of anilines is 1. The Kier molecular flexibility index (Phi) is 2.03. The number of benzene rings is 1. The van der Waals surface area contributed by atoms with Crippen molar-refractivity contribution in [3.63, 3.8) is 0 Å². The summed E-state index contributed by atoms with van der Waals surface area (Å²) in [6.07, 6.45) is 1.25. The molecule has 76 valence electrons. The smallest absolute Gasteiger partial charge is 0.232 e. The topological polar surface area (TPSA) is 37.4 Å². The number of fused-ring (bicyclic) bond motifs is 1. The van der Waals surface area contributed by atoms with E-state index in [0.717, 1.165) is 11.3 Å². The molecule has 1 aliphatic heterocycles. The monoisotopic (exact) mass is 211 g/mol. The van der Waals surface area contributed by atoms with Crippen molar-refractivity contribution in [1.29, 1.82) is 0 Å². The van der Waals surface area contributed by atoms with Crippen LogP contribution >= 0.6 is 0 Å². The van der Waals surface area contributed by atoms with E-state index in [-0.39, 0.29) is 0 Å². The van der Waals surface area contributed by atoms with Gasteiger partial charge in [0.2, 0.25) is 10.0 Å². The van der Waals surface area contributed by atoms with Gasteiger partial charge in [-0.1, -0.05) is 25.1 Å². The Morgan fingerprint density at radius 1 is 1.36 bits per heavy atom. The molecule has 0 fully saturated rings. The highest BCUT2D eigenvalue weighted by Gasteiger charge is 2.30. The van der Waals surface area contributed by atoms with E-state index in [1.54, 1.807) is 0 Å². The van der Waals surface area contributed by atoms with E-state index in [2.05, 4.69) is 0 Å². The molecular formula is C10H13NO2S. The summed E-state index contributed by atoms with van der Waals surface area (Å²) in [6.45, 7) is 2.61. The van der Waals surface area contributed by atoms with Gasteiger partial charge in [0.05, 0.1) is 11.9 Å². The molecule has 0 N–H and O–H groups in total. The summed E-state index contributed by atoms with van der Waals surface area (Å²) in [5.41, 5.74) is 1.96. The van der Waals surface area contributed by atoms with Gasteiger partial charge in [0.1, 0.15) is 0 Å². The number of nitrogens with zero attached hydrogens (tertiary/aromatic N) is 1. The number of hydrogen-bond donors (Lipinski definition) is 0. The summed E-state index contributed by atoms with van der Waals surface area (Å²) in [4.78, 5) is 0. The van der Waals surface area contributed by atoms with Gasteiger partial charge in [-0.3, -0.25) is 4.31 Å². The lowest BCUT2D eigenvalue weighted by atomic mass is 10.0. The summed E-state index contributed by atoms with van der Waals surface area (Å²) in [6, 6.07) is 7.67. The zero-order valence-corrected chi connectivity index (χ0v) is 9.08. The molecule has 1 heterocycles. The van der Waals surface area contributed by atoms with Crippen LogP contribution in [0.15, 0.2) is 24.3 Å². The highest BCUT2D eigenvalue weighted by atomic mass is 32.2. The van der Waals surface area contributed by atoms with Crippen LogP contribution in [0.5, 0.6) is 0 Å². The van der Waals surface area contributed by atoms with Gasteiger partial charge >= 0.3 is 0 Å². The fraction of sp³-hybridized carbons (Fsp3) is 0.400. The molecule has 0 spiro atoms. The molecule has 0 aromatic heterocycles. The maximum absolute atomic E-state index is 11.5. The minimum Gasteiger partial charge on any atom is -0.270 e. The Morgan fingerprint density at radius 3 is 2.64 bits per heavy atom. The average Bonchev–Trinajstić information content (AvgIpc) is 2.44. The van der Waals surface area contributed by atoms with Gasteiger partial charge in [-0.2, -0.15) is 0 Å². The minimum atomic E-state index is -3.12. The van der Waals surface area contributed by atoms with E-state index in [9.17, 15) is 8.42 Å². The van der Waals surface area contributed by atoms with Gasteiger partial charge in [-0.25, -0.2) is 8.42 Å². The molecule has 1 unspecified atom stereocenters. The van der Waals surface area contributed by atoms with Crippen molar-refractivity contribution >= 4 is 15.7 Å². The Hall–Kier alpha value is -1.03. The lowest BCUT2D eigenvalue weighted by Crippen LogP contribution is -2.28. The average molecular weight is 211 g/mol. The number of sulfonamides is 1. The predicted molar refractivity (Wildman–Crippen MR) is 57.0 cm³/mol. The van der Waals surface area contributed by atoms with Crippen LogP contribution in [0.2, 0.25) is 0 Å². The van der Waals surface area contributed by atoms with Crippen molar-refractivity contribution in [3.05, 3.63) is 29.8 Å². The van der Waals surface area contributed by atoms with Crippen molar-refractivity contribution in [3.8, 4) is 0 Å². The lowest BCUT2D eigenvalue weighted by Gasteiger charge is -2.16. The van der Waals surface area contributed by atoms with Gasteiger partial charge in [-0.05, 0) is 11.6 Å². The van der Waals surface area contributed by atoms with E-state index in [1.807, 2.05) is 31.2 Å². The molecule has 14 heavy (non-hydrogen) atoms. The minimum absolute atomic E-state index is 0.293. The third-order valence-corrected chi connectivity index (χ3v) is 3.72. The van der Waals surface area contributed by atoms with Gasteiger partial charge in [0, 0.05) is 12.5 Å². The van der Waals surface area contributed by atoms with Crippen LogP contribution in [0.4, 0.5) is 5.69 Å². The Morgan fingerprint density at radius 2 is 2.00 bits per heavy atom. The van der Waals surface area contributed by atoms with E-state index in [1.165, 1.54) is 10.6 Å². The van der Waals surface area contributed by atoms with Crippen molar-refractivity contribution < 1.29 is 8.42 Å². The van der Waals surface area contributed by atoms with E-state index < -0.39 is 10.0 Å².